The maximum absolute atomic E-state index is 14.8. The van der Waals surface area contributed by atoms with Gasteiger partial charge < -0.3 is 10.6 Å². The summed E-state index contributed by atoms with van der Waals surface area (Å²) >= 11 is 1.24. The Bertz CT molecular complexity index is 1720. The highest BCUT2D eigenvalue weighted by Crippen LogP contribution is 2.50. The molecule has 9 nitrogen and oxygen atoms in total. The zero-order chi connectivity index (χ0) is 29.1. The van der Waals surface area contributed by atoms with Crippen LogP contribution in [0.3, 0.4) is 0 Å². The average Bonchev–Trinajstić information content (AvgIpc) is 3.52. The molecule has 1 saturated heterocycles. The molecule has 214 valence electrons. The molecular formula is C29H31F2N7O2S. The van der Waals surface area contributed by atoms with Gasteiger partial charge in [-0.1, -0.05) is 13.8 Å². The van der Waals surface area contributed by atoms with E-state index in [1.165, 1.54) is 47.7 Å². The largest absolute Gasteiger partial charge is 0.334 e. The quantitative estimate of drug-likeness (QED) is 0.313. The molecule has 1 amide bonds. The lowest BCUT2D eigenvalue weighted by molar-refractivity contribution is 0.102. The first-order valence-corrected chi connectivity index (χ1v) is 14.3. The second kappa shape index (κ2) is 10.2. The zero-order valence-electron chi connectivity index (χ0n) is 23.3. The summed E-state index contributed by atoms with van der Waals surface area (Å²) < 4.78 is 32.6. The molecule has 4 aromatic rings. The van der Waals surface area contributed by atoms with Crippen LogP contribution in [0.25, 0.3) is 11.3 Å². The van der Waals surface area contributed by atoms with Crippen LogP contribution in [0.15, 0.2) is 41.2 Å². The molecule has 1 atom stereocenters. The summed E-state index contributed by atoms with van der Waals surface area (Å²) in [5, 5.41) is 14.6. The molecule has 1 aliphatic heterocycles. The van der Waals surface area contributed by atoms with E-state index in [2.05, 4.69) is 25.7 Å². The van der Waals surface area contributed by atoms with E-state index in [1.54, 1.807) is 16.8 Å². The normalized spacial score (nSPS) is 17.8. The van der Waals surface area contributed by atoms with E-state index in [9.17, 15) is 18.4 Å². The second-order valence-corrected chi connectivity index (χ2v) is 12.6. The molecule has 2 N–H and O–H groups in total. The fourth-order valence-electron chi connectivity index (χ4n) is 5.26. The SMILES string of the molecule is Cn1nc(Nc2cc(-c3ccc(F)c(NC(=O)c4cc5c(s4)CC(C)(C)[C@@H]5F)c3)nn(C)c2=O)cc1CN1CCC1. The molecule has 0 saturated carbocycles. The summed E-state index contributed by atoms with van der Waals surface area (Å²) in [6.45, 7) is 6.64. The number of anilines is 3. The van der Waals surface area contributed by atoms with Gasteiger partial charge in [0.25, 0.3) is 11.5 Å². The van der Waals surface area contributed by atoms with Crippen molar-refractivity contribution in [1.29, 1.82) is 0 Å². The number of thiophene rings is 1. The number of benzene rings is 1. The van der Waals surface area contributed by atoms with Crippen LogP contribution in [0.5, 0.6) is 0 Å². The molecule has 1 aliphatic carbocycles. The fraction of sp³-hybridized carbons (Fsp3) is 0.379. The van der Waals surface area contributed by atoms with E-state index in [-0.39, 0.29) is 16.9 Å². The van der Waals surface area contributed by atoms with Crippen LogP contribution in [0, 0.1) is 11.2 Å². The Morgan fingerprint density at radius 2 is 1.88 bits per heavy atom. The third-order valence-corrected chi connectivity index (χ3v) is 8.94. The number of carbonyl (C=O) groups excluding carboxylic acids is 1. The zero-order valence-corrected chi connectivity index (χ0v) is 24.1. The van der Waals surface area contributed by atoms with Crippen molar-refractivity contribution in [2.45, 2.75) is 39.4 Å². The first-order valence-electron chi connectivity index (χ1n) is 13.5. The lowest BCUT2D eigenvalue weighted by atomic mass is 9.89. The van der Waals surface area contributed by atoms with Crippen molar-refractivity contribution in [2.75, 3.05) is 23.7 Å². The van der Waals surface area contributed by atoms with Crippen LogP contribution in [0.4, 0.5) is 26.0 Å². The van der Waals surface area contributed by atoms with E-state index in [4.69, 9.17) is 0 Å². The lowest BCUT2D eigenvalue weighted by Crippen LogP contribution is -2.36. The molecule has 0 radical (unpaired) electrons. The molecule has 1 fully saturated rings. The van der Waals surface area contributed by atoms with Gasteiger partial charge in [0, 0.05) is 48.1 Å². The summed E-state index contributed by atoms with van der Waals surface area (Å²) in [7, 11) is 3.40. The summed E-state index contributed by atoms with van der Waals surface area (Å²) in [6, 6.07) is 9.30. The van der Waals surface area contributed by atoms with Gasteiger partial charge >= 0.3 is 0 Å². The van der Waals surface area contributed by atoms with Gasteiger partial charge in [0.15, 0.2) is 5.82 Å². The van der Waals surface area contributed by atoms with Gasteiger partial charge in [0.1, 0.15) is 17.7 Å². The molecule has 4 heterocycles. The van der Waals surface area contributed by atoms with Gasteiger partial charge in [-0.3, -0.25) is 19.2 Å². The summed E-state index contributed by atoms with van der Waals surface area (Å²) in [4.78, 5) is 29.4. The molecule has 3 aromatic heterocycles. The number of nitrogens with zero attached hydrogens (tertiary/aromatic N) is 5. The van der Waals surface area contributed by atoms with E-state index in [0.29, 0.717) is 33.9 Å². The van der Waals surface area contributed by atoms with Gasteiger partial charge in [-0.2, -0.15) is 10.2 Å². The van der Waals surface area contributed by atoms with Crippen molar-refractivity contribution in [1.82, 2.24) is 24.5 Å². The second-order valence-electron chi connectivity index (χ2n) is 11.4. The van der Waals surface area contributed by atoms with Crippen LogP contribution in [-0.4, -0.2) is 43.5 Å². The van der Waals surface area contributed by atoms with Crippen molar-refractivity contribution >= 4 is 34.4 Å². The average molecular weight is 580 g/mol. The Kier molecular flexibility index (Phi) is 6.77. The maximum Gasteiger partial charge on any atom is 0.290 e. The number of aromatic nitrogens is 4. The van der Waals surface area contributed by atoms with Gasteiger partial charge in [-0.25, -0.2) is 13.5 Å². The number of alkyl halides is 1. The number of amides is 1. The van der Waals surface area contributed by atoms with Gasteiger partial charge in [0.05, 0.1) is 22.0 Å². The molecule has 1 aromatic carbocycles. The van der Waals surface area contributed by atoms with Crippen molar-refractivity contribution in [3.8, 4) is 11.3 Å². The monoisotopic (exact) mass is 579 g/mol. The molecule has 0 spiro atoms. The highest BCUT2D eigenvalue weighted by Gasteiger charge is 2.41. The maximum atomic E-state index is 14.8. The van der Waals surface area contributed by atoms with E-state index < -0.39 is 23.3 Å². The number of aryl methyl sites for hydroxylation is 2. The molecule has 2 aliphatic rings. The Morgan fingerprint density at radius 1 is 1.10 bits per heavy atom. The number of fused-ring (bicyclic) bond motifs is 1. The van der Waals surface area contributed by atoms with Gasteiger partial charge in [0.2, 0.25) is 0 Å². The number of halogens is 2. The number of carbonyl (C=O) groups is 1. The Labute approximate surface area is 239 Å². The number of nitrogens with one attached hydrogen (secondary N) is 2. The van der Waals surface area contributed by atoms with Crippen molar-refractivity contribution in [3.05, 3.63) is 73.6 Å². The highest BCUT2D eigenvalue weighted by atomic mass is 32.1. The molecule has 41 heavy (non-hydrogen) atoms. The van der Waals surface area contributed by atoms with E-state index in [0.717, 1.165) is 30.2 Å². The third-order valence-electron chi connectivity index (χ3n) is 7.79. The van der Waals surface area contributed by atoms with Crippen molar-refractivity contribution in [3.63, 3.8) is 0 Å². The number of hydrogen-bond donors (Lipinski definition) is 2. The minimum absolute atomic E-state index is 0.0382. The molecule has 6 rings (SSSR count). The summed E-state index contributed by atoms with van der Waals surface area (Å²) in [5.74, 6) is -0.599. The van der Waals surface area contributed by atoms with Crippen LogP contribution in [0.2, 0.25) is 0 Å². The Hall–Kier alpha value is -3.90. The predicted octanol–water partition coefficient (Wildman–Crippen LogP) is 5.18. The predicted molar refractivity (Wildman–Crippen MR) is 155 cm³/mol. The molecule has 12 heteroatoms. The number of hydrogen-bond acceptors (Lipinski definition) is 7. The highest BCUT2D eigenvalue weighted by molar-refractivity contribution is 7.14. The first kappa shape index (κ1) is 27.3. The minimum atomic E-state index is -1.15. The lowest BCUT2D eigenvalue weighted by Gasteiger charge is -2.30. The topological polar surface area (TPSA) is 97.1 Å². The Morgan fingerprint density at radius 3 is 2.59 bits per heavy atom. The number of rotatable bonds is 7. The summed E-state index contributed by atoms with van der Waals surface area (Å²) in [6.07, 6.45) is 0.604. The standard InChI is InChI=1S/C29H31F2N7O2S/c1-29(2)14-24-18(26(29)31)12-23(41-24)27(39)33-21-10-16(6-7-19(21)30)20-13-22(28(40)37(4)34-20)32-25-11-17(36(3)35-25)15-38-8-5-9-38/h6-7,10-13,26H,5,8-9,14-15H2,1-4H3,(H,32,35)(H,33,39)/t26-/m1/s1. The van der Waals surface area contributed by atoms with Gasteiger partial charge in [-0.05, 0) is 56.3 Å². The van der Waals surface area contributed by atoms with Crippen LogP contribution >= 0.6 is 11.3 Å². The molecule has 0 unspecified atom stereocenters. The fourth-order valence-corrected chi connectivity index (χ4v) is 6.58. The van der Waals surface area contributed by atoms with E-state index in [1.807, 2.05) is 27.0 Å². The van der Waals surface area contributed by atoms with Crippen molar-refractivity contribution in [2.24, 2.45) is 19.5 Å². The van der Waals surface area contributed by atoms with Crippen LogP contribution in [-0.2, 0) is 27.1 Å². The minimum Gasteiger partial charge on any atom is -0.334 e. The Balaban J connectivity index is 1.23. The molecular weight excluding hydrogens is 548 g/mol. The third kappa shape index (κ3) is 5.17. The molecule has 0 bridgehead atoms. The number of likely N-dealkylation sites (tertiary alicyclic amines) is 1. The van der Waals surface area contributed by atoms with Gasteiger partial charge in [-0.15, -0.1) is 11.3 Å². The van der Waals surface area contributed by atoms with Crippen molar-refractivity contribution < 1.29 is 13.6 Å². The van der Waals surface area contributed by atoms with Crippen LogP contribution in [0.1, 0.15) is 52.2 Å². The first-order chi connectivity index (χ1) is 19.5. The summed E-state index contributed by atoms with van der Waals surface area (Å²) in [5.41, 5.74) is 1.84. The smallest absolute Gasteiger partial charge is 0.290 e. The van der Waals surface area contributed by atoms with E-state index >= 15 is 0 Å². The van der Waals surface area contributed by atoms with Crippen LogP contribution < -0.4 is 16.2 Å².